The Kier molecular flexibility index (Phi) is 19.4. The van der Waals surface area contributed by atoms with Gasteiger partial charge in [0.1, 0.15) is 0 Å². The molecule has 0 atom stereocenters. The van der Waals surface area contributed by atoms with Gasteiger partial charge in [0.15, 0.2) is 0 Å². The molecule has 6 heteroatoms. The van der Waals surface area contributed by atoms with Gasteiger partial charge >= 0.3 is 22.6 Å². The molecule has 0 aromatic heterocycles. The summed E-state index contributed by atoms with van der Waals surface area (Å²) in [5.74, 6) is 1.47. The fourth-order valence-electron chi connectivity index (χ4n) is 2.53. The molecule has 1 aliphatic carbocycles. The van der Waals surface area contributed by atoms with Gasteiger partial charge in [-0.1, -0.05) is 57.4 Å². The molecule has 0 amide bonds. The van der Waals surface area contributed by atoms with Crippen LogP contribution in [0.15, 0.2) is 22.3 Å². The maximum atomic E-state index is 7.50. The van der Waals surface area contributed by atoms with Crippen LogP contribution in [-0.4, -0.2) is 15.5 Å². The third-order valence-corrected chi connectivity index (χ3v) is 23.1. The van der Waals surface area contributed by atoms with Gasteiger partial charge in [-0.15, -0.1) is 7.68 Å². The molecule has 0 spiro atoms. The fraction of sp³-hybridized carbons (Fsp3) is 0.611. The molecule has 0 aromatic rings. The zero-order valence-electron chi connectivity index (χ0n) is 17.2. The van der Waals surface area contributed by atoms with E-state index >= 15 is 0 Å². The second-order valence-corrected chi connectivity index (χ2v) is 29.0. The topological polar surface area (TPSA) is 39.8 Å². The van der Waals surface area contributed by atoms with E-state index in [1.807, 2.05) is 0 Å². The molecule has 0 unspecified atom stereocenters. The predicted molar refractivity (Wildman–Crippen MR) is 109 cm³/mol. The molecule has 0 fully saturated rings. The number of hydrogen-bond donors (Lipinski definition) is 0. The summed E-state index contributed by atoms with van der Waals surface area (Å²) in [5.41, 5.74) is 5.87. The Balaban J connectivity index is -0.000000134. The van der Waals surface area contributed by atoms with Crippen LogP contribution in [0.1, 0.15) is 34.6 Å². The smallest absolute Gasteiger partial charge is 0 e. The Morgan fingerprint density at radius 1 is 0.583 bits per heavy atom. The summed E-state index contributed by atoms with van der Waals surface area (Å²) >= 11 is 0. The SMILES string of the molecule is C[C]1C(C)=C(C)C(C)=C1C.C[Si](C)(C)P[Si](C)(C)C.[C-]#[O+].[C-]#[O+].[Fe]. The second-order valence-electron chi connectivity index (χ2n) is 7.75. The molecule has 0 heterocycles. The van der Waals surface area contributed by atoms with Crippen molar-refractivity contribution in [3.63, 3.8) is 0 Å². The first kappa shape index (κ1) is 32.1. The van der Waals surface area contributed by atoms with Crippen molar-refractivity contribution in [3.8, 4) is 0 Å². The van der Waals surface area contributed by atoms with Crippen molar-refractivity contribution < 1.29 is 26.4 Å². The molecular formula is C18H34FeO2PSi2. The Morgan fingerprint density at radius 2 is 0.792 bits per heavy atom. The zero-order valence-corrected chi connectivity index (χ0v) is 21.3. The standard InChI is InChI=1S/C10H15.C6H19PSi2.2CO.Fe/c1-6-7(2)9(4)10(5)8(6)3;1-8(2,3)7-9(4,5)6;2*1-2;/h1-5H3;7H,1-6H3;;;. The maximum absolute atomic E-state index is 7.50. The Hall–Kier alpha value is 0.343. The van der Waals surface area contributed by atoms with Gasteiger partial charge in [0, 0.05) is 23.0 Å². The maximum Gasteiger partial charge on any atom is 0 e. The van der Waals surface area contributed by atoms with Gasteiger partial charge < -0.3 is 0 Å². The van der Waals surface area contributed by atoms with Gasteiger partial charge in [-0.25, -0.2) is 0 Å². The van der Waals surface area contributed by atoms with Crippen LogP contribution in [0.5, 0.6) is 0 Å². The molecular weight excluding hydrogens is 391 g/mol. The first-order valence-corrected chi connectivity index (χ1v) is 17.7. The van der Waals surface area contributed by atoms with E-state index in [1.165, 1.54) is 35.9 Å². The normalized spacial score (nSPS) is 14.3. The number of allylic oxidation sites excluding steroid dienone is 4. The second kappa shape index (κ2) is 14.5. The van der Waals surface area contributed by atoms with Crippen LogP contribution >= 0.6 is 7.68 Å². The zero-order chi connectivity index (χ0) is 19.6. The van der Waals surface area contributed by atoms with Gasteiger partial charge in [0.05, 0.1) is 15.5 Å². The fourth-order valence-corrected chi connectivity index (χ4v) is 31.8. The van der Waals surface area contributed by atoms with Crippen LogP contribution in [-0.2, 0) is 26.4 Å². The Bertz CT molecular complexity index is 425. The van der Waals surface area contributed by atoms with Gasteiger partial charge in [0.2, 0.25) is 0 Å². The van der Waals surface area contributed by atoms with E-state index in [9.17, 15) is 0 Å². The molecule has 0 aliphatic heterocycles. The van der Waals surface area contributed by atoms with Crippen molar-refractivity contribution in [2.45, 2.75) is 73.9 Å². The third kappa shape index (κ3) is 14.7. The van der Waals surface area contributed by atoms with Crippen LogP contribution in [0.3, 0.4) is 0 Å². The number of rotatable bonds is 2. The molecule has 0 saturated heterocycles. The minimum absolute atomic E-state index is 0. The van der Waals surface area contributed by atoms with Crippen molar-refractivity contribution in [2.75, 3.05) is 0 Å². The number of hydrogen-bond acceptors (Lipinski definition) is 0. The van der Waals surface area contributed by atoms with Crippen LogP contribution in [0.25, 0.3) is 0 Å². The molecule has 24 heavy (non-hydrogen) atoms. The summed E-state index contributed by atoms with van der Waals surface area (Å²) in [6.45, 7) is 34.9. The molecule has 0 saturated carbocycles. The molecule has 0 N–H and O–H groups in total. The summed E-state index contributed by atoms with van der Waals surface area (Å²) in [6.07, 6.45) is 0. The molecule has 1 rings (SSSR count). The minimum Gasteiger partial charge on any atom is 0 e. The van der Waals surface area contributed by atoms with Gasteiger partial charge in [-0.05, 0) is 38.8 Å². The van der Waals surface area contributed by atoms with Crippen molar-refractivity contribution in [2.24, 2.45) is 0 Å². The minimum atomic E-state index is -0.703. The van der Waals surface area contributed by atoms with E-state index in [1.54, 1.807) is 0 Å². The molecule has 1 aliphatic rings. The van der Waals surface area contributed by atoms with Gasteiger partial charge in [-0.3, -0.25) is 0 Å². The summed E-state index contributed by atoms with van der Waals surface area (Å²) in [6, 6.07) is 0. The van der Waals surface area contributed by atoms with Crippen molar-refractivity contribution in [3.05, 3.63) is 41.5 Å². The van der Waals surface area contributed by atoms with Crippen molar-refractivity contribution >= 4 is 23.2 Å². The first-order valence-electron chi connectivity index (χ1n) is 7.66. The molecule has 0 aromatic carbocycles. The molecule has 1 radical (unpaired) electrons. The predicted octanol–water partition coefficient (Wildman–Crippen LogP) is 6.52. The quantitative estimate of drug-likeness (QED) is 0.209. The molecule has 2 nitrogen and oxygen atoms in total. The molecule has 139 valence electrons. The van der Waals surface area contributed by atoms with E-state index in [2.05, 4.69) is 87.2 Å². The third-order valence-electron chi connectivity index (χ3n) is 3.56. The van der Waals surface area contributed by atoms with Crippen LogP contribution in [0.4, 0.5) is 0 Å². The average Bonchev–Trinajstić information content (AvgIpc) is 2.58. The van der Waals surface area contributed by atoms with Crippen molar-refractivity contribution in [1.29, 1.82) is 0 Å². The van der Waals surface area contributed by atoms with E-state index in [0.717, 1.165) is 0 Å². The summed E-state index contributed by atoms with van der Waals surface area (Å²) < 4.78 is 15.0. The van der Waals surface area contributed by atoms with Crippen LogP contribution < -0.4 is 0 Å². The first-order chi connectivity index (χ1) is 10.3. The Morgan fingerprint density at radius 3 is 0.833 bits per heavy atom. The molecule has 0 bridgehead atoms. The van der Waals surface area contributed by atoms with Gasteiger partial charge in [0.25, 0.3) is 0 Å². The monoisotopic (exact) mass is 425 g/mol. The van der Waals surface area contributed by atoms with Crippen LogP contribution in [0, 0.1) is 19.2 Å². The van der Waals surface area contributed by atoms with Crippen molar-refractivity contribution in [1.82, 2.24) is 0 Å². The van der Waals surface area contributed by atoms with E-state index in [-0.39, 0.29) is 17.1 Å². The van der Waals surface area contributed by atoms with E-state index in [0.29, 0.717) is 0 Å². The van der Waals surface area contributed by atoms with E-state index in [4.69, 9.17) is 9.30 Å². The Labute approximate surface area is 164 Å². The summed E-state index contributed by atoms with van der Waals surface area (Å²) in [5, 5.41) is 0. The summed E-state index contributed by atoms with van der Waals surface area (Å²) in [7, 11) is -0.0775. The average molecular weight is 425 g/mol. The van der Waals surface area contributed by atoms with Crippen LogP contribution in [0.2, 0.25) is 39.3 Å². The summed E-state index contributed by atoms with van der Waals surface area (Å²) in [4.78, 5) is 0. The van der Waals surface area contributed by atoms with Gasteiger partial charge in [-0.2, -0.15) is 0 Å². The van der Waals surface area contributed by atoms with E-state index < -0.39 is 15.5 Å². The largest absolute Gasteiger partial charge is 0 e.